The third-order valence-electron chi connectivity index (χ3n) is 5.84. The first-order valence-electron chi connectivity index (χ1n) is 11.1. The summed E-state index contributed by atoms with van der Waals surface area (Å²) in [6.07, 6.45) is 7.99. The highest BCUT2D eigenvalue weighted by atomic mass is 16.5. The van der Waals surface area contributed by atoms with Crippen LogP contribution in [0.4, 0.5) is 4.79 Å². The number of hydrogen-bond donors (Lipinski definition) is 2. The number of urea groups is 1. The SMILES string of the molecule is CC(C)C(=O)N1CCC(NC(=O)NCc2cccc(OC3CCCCC3)c2)CC1. The highest BCUT2D eigenvalue weighted by Crippen LogP contribution is 2.24. The lowest BCUT2D eigenvalue weighted by Gasteiger charge is -2.33. The van der Waals surface area contributed by atoms with Crippen molar-refractivity contribution >= 4 is 11.9 Å². The van der Waals surface area contributed by atoms with Crippen LogP contribution in [0.5, 0.6) is 5.75 Å². The number of rotatable bonds is 6. The predicted molar refractivity (Wildman–Crippen MR) is 114 cm³/mol. The number of hydrogen-bond acceptors (Lipinski definition) is 3. The summed E-state index contributed by atoms with van der Waals surface area (Å²) < 4.78 is 6.11. The molecule has 1 heterocycles. The summed E-state index contributed by atoms with van der Waals surface area (Å²) in [6, 6.07) is 7.96. The van der Waals surface area contributed by atoms with Crippen molar-refractivity contribution in [3.63, 3.8) is 0 Å². The van der Waals surface area contributed by atoms with Crippen LogP contribution in [-0.4, -0.2) is 42.1 Å². The molecule has 0 unspecified atom stereocenters. The normalized spacial score (nSPS) is 18.5. The number of ether oxygens (including phenoxy) is 1. The summed E-state index contributed by atoms with van der Waals surface area (Å²) in [5.74, 6) is 1.11. The minimum absolute atomic E-state index is 0.0284. The predicted octanol–water partition coefficient (Wildman–Crippen LogP) is 3.84. The Labute approximate surface area is 174 Å². The van der Waals surface area contributed by atoms with Gasteiger partial charge in [-0.2, -0.15) is 0 Å². The van der Waals surface area contributed by atoms with Crippen LogP contribution in [0, 0.1) is 5.92 Å². The minimum Gasteiger partial charge on any atom is -0.490 e. The van der Waals surface area contributed by atoms with Gasteiger partial charge in [-0.25, -0.2) is 4.79 Å². The van der Waals surface area contributed by atoms with Crippen LogP contribution >= 0.6 is 0 Å². The van der Waals surface area contributed by atoms with Gasteiger partial charge in [0, 0.05) is 31.6 Å². The molecule has 29 heavy (non-hydrogen) atoms. The zero-order valence-corrected chi connectivity index (χ0v) is 17.8. The van der Waals surface area contributed by atoms with E-state index in [9.17, 15) is 9.59 Å². The molecule has 6 nitrogen and oxygen atoms in total. The van der Waals surface area contributed by atoms with E-state index in [1.807, 2.05) is 43.0 Å². The van der Waals surface area contributed by atoms with E-state index in [4.69, 9.17) is 4.74 Å². The maximum absolute atomic E-state index is 12.3. The Bertz CT molecular complexity index is 678. The standard InChI is InChI=1S/C23H35N3O3/c1-17(2)22(27)26-13-11-19(12-14-26)25-23(28)24-16-18-7-6-10-21(15-18)29-20-8-4-3-5-9-20/h6-7,10,15,17,19-20H,3-5,8-9,11-14,16H2,1-2H3,(H2,24,25,28). The number of piperidine rings is 1. The molecule has 1 aromatic carbocycles. The molecule has 1 aromatic rings. The van der Waals surface area contributed by atoms with Crippen LogP contribution in [0.3, 0.4) is 0 Å². The third kappa shape index (κ3) is 6.65. The van der Waals surface area contributed by atoms with Gasteiger partial charge in [-0.1, -0.05) is 32.4 Å². The van der Waals surface area contributed by atoms with Crippen LogP contribution in [0.2, 0.25) is 0 Å². The number of benzene rings is 1. The lowest BCUT2D eigenvalue weighted by molar-refractivity contribution is -0.135. The molecular formula is C23H35N3O3. The van der Waals surface area contributed by atoms with Gasteiger partial charge in [0.1, 0.15) is 5.75 Å². The second-order valence-corrected chi connectivity index (χ2v) is 8.61. The third-order valence-corrected chi connectivity index (χ3v) is 5.84. The number of carbonyl (C=O) groups is 2. The largest absolute Gasteiger partial charge is 0.490 e. The van der Waals surface area contributed by atoms with E-state index in [0.29, 0.717) is 25.7 Å². The summed E-state index contributed by atoms with van der Waals surface area (Å²) in [5.41, 5.74) is 1.03. The maximum Gasteiger partial charge on any atom is 0.315 e. The molecule has 0 aromatic heterocycles. The monoisotopic (exact) mass is 401 g/mol. The molecular weight excluding hydrogens is 366 g/mol. The summed E-state index contributed by atoms with van der Waals surface area (Å²) in [7, 11) is 0. The Kier molecular flexibility index (Phi) is 7.78. The topological polar surface area (TPSA) is 70.7 Å². The van der Waals surface area contributed by atoms with Crippen LogP contribution < -0.4 is 15.4 Å². The Morgan fingerprint density at radius 2 is 1.83 bits per heavy atom. The van der Waals surface area contributed by atoms with Crippen molar-refractivity contribution < 1.29 is 14.3 Å². The fraction of sp³-hybridized carbons (Fsp3) is 0.652. The molecule has 2 N–H and O–H groups in total. The number of likely N-dealkylation sites (tertiary alicyclic amines) is 1. The maximum atomic E-state index is 12.3. The minimum atomic E-state index is -0.155. The zero-order valence-electron chi connectivity index (χ0n) is 17.8. The van der Waals surface area contributed by atoms with E-state index in [-0.39, 0.29) is 23.9 Å². The number of amides is 3. The van der Waals surface area contributed by atoms with Crippen molar-refractivity contribution in [2.24, 2.45) is 5.92 Å². The van der Waals surface area contributed by atoms with Crippen molar-refractivity contribution in [3.05, 3.63) is 29.8 Å². The fourth-order valence-electron chi connectivity index (χ4n) is 4.13. The number of carbonyl (C=O) groups excluding carboxylic acids is 2. The molecule has 2 fully saturated rings. The molecule has 0 atom stereocenters. The van der Waals surface area contributed by atoms with Gasteiger partial charge in [0.15, 0.2) is 0 Å². The zero-order chi connectivity index (χ0) is 20.6. The van der Waals surface area contributed by atoms with Crippen molar-refractivity contribution in [3.8, 4) is 5.75 Å². The van der Waals surface area contributed by atoms with Crippen LogP contribution in [0.1, 0.15) is 64.4 Å². The second-order valence-electron chi connectivity index (χ2n) is 8.61. The van der Waals surface area contributed by atoms with Gasteiger partial charge in [-0.15, -0.1) is 0 Å². The highest BCUT2D eigenvalue weighted by Gasteiger charge is 2.25. The lowest BCUT2D eigenvalue weighted by atomic mass is 9.98. The molecule has 0 spiro atoms. The van der Waals surface area contributed by atoms with Crippen LogP contribution in [-0.2, 0) is 11.3 Å². The molecule has 160 valence electrons. The molecule has 2 aliphatic rings. The summed E-state index contributed by atoms with van der Waals surface area (Å²) in [4.78, 5) is 26.2. The van der Waals surface area contributed by atoms with E-state index in [1.165, 1.54) is 19.3 Å². The molecule has 3 rings (SSSR count). The summed E-state index contributed by atoms with van der Waals surface area (Å²) in [5, 5.41) is 5.98. The first-order chi connectivity index (χ1) is 14.0. The molecule has 1 saturated carbocycles. The first-order valence-corrected chi connectivity index (χ1v) is 11.1. The number of nitrogens with one attached hydrogen (secondary N) is 2. The Hall–Kier alpha value is -2.24. The van der Waals surface area contributed by atoms with Gasteiger partial charge in [0.05, 0.1) is 6.10 Å². The lowest BCUT2D eigenvalue weighted by Crippen LogP contribution is -2.49. The Morgan fingerprint density at radius 3 is 2.52 bits per heavy atom. The van der Waals surface area contributed by atoms with Gasteiger partial charge in [0.25, 0.3) is 0 Å². The highest BCUT2D eigenvalue weighted by molar-refractivity contribution is 5.78. The van der Waals surface area contributed by atoms with E-state index in [2.05, 4.69) is 10.6 Å². The average Bonchev–Trinajstić information content (AvgIpc) is 2.73. The van der Waals surface area contributed by atoms with E-state index in [1.54, 1.807) is 0 Å². The smallest absolute Gasteiger partial charge is 0.315 e. The molecule has 1 saturated heterocycles. The quantitative estimate of drug-likeness (QED) is 0.761. The van der Waals surface area contributed by atoms with Crippen molar-refractivity contribution in [2.75, 3.05) is 13.1 Å². The van der Waals surface area contributed by atoms with E-state index < -0.39 is 0 Å². The van der Waals surface area contributed by atoms with E-state index >= 15 is 0 Å². The fourth-order valence-corrected chi connectivity index (χ4v) is 4.13. The van der Waals surface area contributed by atoms with Crippen molar-refractivity contribution in [1.29, 1.82) is 0 Å². The van der Waals surface area contributed by atoms with Gasteiger partial charge in [0.2, 0.25) is 5.91 Å². The molecule has 6 heteroatoms. The van der Waals surface area contributed by atoms with Gasteiger partial charge < -0.3 is 20.3 Å². The van der Waals surface area contributed by atoms with Crippen molar-refractivity contribution in [1.82, 2.24) is 15.5 Å². The Morgan fingerprint density at radius 1 is 1.10 bits per heavy atom. The average molecular weight is 402 g/mol. The molecule has 1 aliphatic carbocycles. The first kappa shape index (κ1) is 21.5. The molecule has 0 bridgehead atoms. The molecule has 3 amide bonds. The summed E-state index contributed by atoms with van der Waals surface area (Å²) >= 11 is 0. The van der Waals surface area contributed by atoms with E-state index in [0.717, 1.165) is 37.0 Å². The summed E-state index contributed by atoms with van der Waals surface area (Å²) in [6.45, 7) is 5.74. The van der Waals surface area contributed by atoms with Gasteiger partial charge in [-0.3, -0.25) is 4.79 Å². The molecule has 0 radical (unpaired) electrons. The Balaban J connectivity index is 1.39. The molecule has 1 aliphatic heterocycles. The second kappa shape index (κ2) is 10.5. The van der Waals surface area contributed by atoms with Gasteiger partial charge in [-0.05, 0) is 56.2 Å². The van der Waals surface area contributed by atoms with Crippen molar-refractivity contribution in [2.45, 2.75) is 77.5 Å². The van der Waals surface area contributed by atoms with Gasteiger partial charge >= 0.3 is 6.03 Å². The van der Waals surface area contributed by atoms with Crippen LogP contribution in [0.25, 0.3) is 0 Å². The van der Waals surface area contributed by atoms with Crippen LogP contribution in [0.15, 0.2) is 24.3 Å². The number of nitrogens with zero attached hydrogens (tertiary/aromatic N) is 1.